The molecule has 2 N–H and O–H groups in total. The van der Waals surface area contributed by atoms with Crippen LogP contribution >= 0.6 is 0 Å². The van der Waals surface area contributed by atoms with Crippen LogP contribution in [0.1, 0.15) is 23.8 Å². The number of benzene rings is 1. The third kappa shape index (κ3) is 2.40. The second kappa shape index (κ2) is 4.35. The van der Waals surface area contributed by atoms with Gasteiger partial charge in [0.15, 0.2) is 9.84 Å². The zero-order chi connectivity index (χ0) is 13.6. The molecule has 5 heteroatoms. The molecule has 19 heavy (non-hydrogen) atoms. The van der Waals surface area contributed by atoms with E-state index in [-0.39, 0.29) is 23.5 Å². The van der Waals surface area contributed by atoms with E-state index in [2.05, 4.69) is 0 Å². The number of hydrogen-bond acceptors (Lipinski definition) is 4. The SMILES string of the molecule is Cc1ccc2oc(C(N)C3CCS(=O)(=O)C3)cc2c1. The second-order valence-electron chi connectivity index (χ2n) is 5.38. The number of aryl methyl sites for hydroxylation is 1. The largest absolute Gasteiger partial charge is 0.459 e. The van der Waals surface area contributed by atoms with Gasteiger partial charge in [-0.2, -0.15) is 0 Å². The number of nitrogens with two attached hydrogens (primary N) is 1. The summed E-state index contributed by atoms with van der Waals surface area (Å²) in [5, 5.41) is 1.02. The molecule has 0 saturated carbocycles. The summed E-state index contributed by atoms with van der Waals surface area (Å²) in [6.07, 6.45) is 0.625. The van der Waals surface area contributed by atoms with Crippen molar-refractivity contribution in [1.82, 2.24) is 0 Å². The van der Waals surface area contributed by atoms with Gasteiger partial charge in [-0.1, -0.05) is 11.6 Å². The first-order valence-corrected chi connectivity index (χ1v) is 8.23. The van der Waals surface area contributed by atoms with Crippen LogP contribution < -0.4 is 5.73 Å². The van der Waals surface area contributed by atoms with Crippen LogP contribution in [-0.2, 0) is 9.84 Å². The normalized spacial score (nSPS) is 23.8. The average Bonchev–Trinajstić information content (AvgIpc) is 2.90. The van der Waals surface area contributed by atoms with E-state index in [1.807, 2.05) is 31.2 Å². The monoisotopic (exact) mass is 279 g/mol. The third-order valence-electron chi connectivity index (χ3n) is 3.79. The van der Waals surface area contributed by atoms with Crippen molar-refractivity contribution in [3.63, 3.8) is 0 Å². The van der Waals surface area contributed by atoms with Crippen molar-refractivity contribution in [3.8, 4) is 0 Å². The van der Waals surface area contributed by atoms with Crippen LogP contribution in [-0.4, -0.2) is 19.9 Å². The molecule has 1 aliphatic rings. The molecule has 0 radical (unpaired) electrons. The fourth-order valence-corrected chi connectivity index (χ4v) is 4.54. The predicted octanol–water partition coefficient (Wildman–Crippen LogP) is 2.18. The summed E-state index contributed by atoms with van der Waals surface area (Å²) in [5.41, 5.74) is 8.13. The maximum absolute atomic E-state index is 11.5. The summed E-state index contributed by atoms with van der Waals surface area (Å²) in [6.45, 7) is 2.02. The Hall–Kier alpha value is -1.33. The van der Waals surface area contributed by atoms with Crippen molar-refractivity contribution >= 4 is 20.8 Å². The molecule has 102 valence electrons. The van der Waals surface area contributed by atoms with Crippen molar-refractivity contribution in [2.45, 2.75) is 19.4 Å². The molecule has 2 unspecified atom stereocenters. The highest BCUT2D eigenvalue weighted by Crippen LogP contribution is 2.32. The first-order valence-electron chi connectivity index (χ1n) is 6.41. The zero-order valence-electron chi connectivity index (χ0n) is 10.8. The summed E-state index contributed by atoms with van der Waals surface area (Å²) in [4.78, 5) is 0. The fraction of sp³-hybridized carbons (Fsp3) is 0.429. The Balaban J connectivity index is 1.91. The topological polar surface area (TPSA) is 73.3 Å². The Morgan fingerprint density at radius 3 is 2.84 bits per heavy atom. The van der Waals surface area contributed by atoms with Crippen molar-refractivity contribution in [2.75, 3.05) is 11.5 Å². The van der Waals surface area contributed by atoms with E-state index in [0.717, 1.165) is 16.5 Å². The van der Waals surface area contributed by atoms with E-state index < -0.39 is 9.84 Å². The highest BCUT2D eigenvalue weighted by atomic mass is 32.2. The average molecular weight is 279 g/mol. The van der Waals surface area contributed by atoms with Crippen LogP contribution in [0, 0.1) is 12.8 Å². The fourth-order valence-electron chi connectivity index (χ4n) is 2.69. The minimum absolute atomic E-state index is 0.0355. The lowest BCUT2D eigenvalue weighted by molar-refractivity contribution is 0.402. The van der Waals surface area contributed by atoms with Gasteiger partial charge in [-0.15, -0.1) is 0 Å². The maximum Gasteiger partial charge on any atom is 0.150 e. The van der Waals surface area contributed by atoms with Crippen LogP contribution in [0.4, 0.5) is 0 Å². The Morgan fingerprint density at radius 2 is 2.16 bits per heavy atom. The van der Waals surface area contributed by atoms with Crippen LogP contribution in [0.3, 0.4) is 0 Å². The Bertz CT molecular complexity index is 717. The van der Waals surface area contributed by atoms with Crippen LogP contribution in [0.25, 0.3) is 11.0 Å². The molecule has 2 aromatic rings. The third-order valence-corrected chi connectivity index (χ3v) is 5.59. The summed E-state index contributed by atoms with van der Waals surface area (Å²) in [7, 11) is -2.91. The maximum atomic E-state index is 11.5. The van der Waals surface area contributed by atoms with Gasteiger partial charge in [-0.05, 0) is 37.5 Å². The van der Waals surface area contributed by atoms with Gasteiger partial charge in [0, 0.05) is 5.39 Å². The van der Waals surface area contributed by atoms with E-state index in [1.54, 1.807) is 0 Å². The molecule has 1 aliphatic heterocycles. The van der Waals surface area contributed by atoms with E-state index in [1.165, 1.54) is 0 Å². The van der Waals surface area contributed by atoms with Gasteiger partial charge in [-0.3, -0.25) is 0 Å². The van der Waals surface area contributed by atoms with Gasteiger partial charge in [0.1, 0.15) is 11.3 Å². The zero-order valence-corrected chi connectivity index (χ0v) is 11.6. The molecule has 4 nitrogen and oxygen atoms in total. The van der Waals surface area contributed by atoms with Crippen molar-refractivity contribution in [2.24, 2.45) is 11.7 Å². The summed E-state index contributed by atoms with van der Waals surface area (Å²) >= 11 is 0. The van der Waals surface area contributed by atoms with Crippen molar-refractivity contribution in [1.29, 1.82) is 0 Å². The molecule has 1 saturated heterocycles. The molecular weight excluding hydrogens is 262 g/mol. The van der Waals surface area contributed by atoms with Gasteiger partial charge in [0.05, 0.1) is 17.5 Å². The van der Waals surface area contributed by atoms with E-state index in [4.69, 9.17) is 10.2 Å². The van der Waals surface area contributed by atoms with Gasteiger partial charge < -0.3 is 10.2 Å². The van der Waals surface area contributed by atoms with Crippen molar-refractivity contribution in [3.05, 3.63) is 35.6 Å². The number of fused-ring (bicyclic) bond motifs is 1. The van der Waals surface area contributed by atoms with Gasteiger partial charge >= 0.3 is 0 Å². The summed E-state index contributed by atoms with van der Waals surface area (Å²) < 4.78 is 28.8. The second-order valence-corrected chi connectivity index (χ2v) is 7.61. The standard InChI is InChI=1S/C14H17NO3S/c1-9-2-3-12-11(6-9)7-13(18-12)14(15)10-4-5-19(16,17)8-10/h2-3,6-7,10,14H,4-5,8,15H2,1H3. The highest BCUT2D eigenvalue weighted by molar-refractivity contribution is 7.91. The van der Waals surface area contributed by atoms with Crippen LogP contribution in [0.2, 0.25) is 0 Å². The van der Waals surface area contributed by atoms with Gasteiger partial charge in [-0.25, -0.2) is 8.42 Å². The van der Waals surface area contributed by atoms with E-state index in [9.17, 15) is 8.42 Å². The quantitative estimate of drug-likeness (QED) is 0.914. The molecule has 1 fully saturated rings. The molecule has 1 aromatic carbocycles. The minimum Gasteiger partial charge on any atom is -0.459 e. The lowest BCUT2D eigenvalue weighted by Crippen LogP contribution is -2.21. The smallest absolute Gasteiger partial charge is 0.150 e. The Morgan fingerprint density at radius 1 is 1.37 bits per heavy atom. The lowest BCUT2D eigenvalue weighted by Gasteiger charge is -2.14. The summed E-state index contributed by atoms with van der Waals surface area (Å²) in [5.74, 6) is 1.06. The lowest BCUT2D eigenvalue weighted by atomic mass is 9.98. The number of furan rings is 1. The molecule has 0 amide bonds. The first-order chi connectivity index (χ1) is 8.94. The molecular formula is C14H17NO3S. The van der Waals surface area contributed by atoms with Gasteiger partial charge in [0.2, 0.25) is 0 Å². The number of sulfone groups is 1. The Kier molecular flexibility index (Phi) is 2.91. The molecule has 0 spiro atoms. The highest BCUT2D eigenvalue weighted by Gasteiger charge is 2.34. The molecule has 2 heterocycles. The predicted molar refractivity (Wildman–Crippen MR) is 74.6 cm³/mol. The van der Waals surface area contributed by atoms with Crippen LogP contribution in [0.5, 0.6) is 0 Å². The number of rotatable bonds is 2. The van der Waals surface area contributed by atoms with E-state index in [0.29, 0.717) is 12.2 Å². The van der Waals surface area contributed by atoms with Gasteiger partial charge in [0.25, 0.3) is 0 Å². The van der Waals surface area contributed by atoms with E-state index >= 15 is 0 Å². The molecule has 3 rings (SSSR count). The van der Waals surface area contributed by atoms with Crippen molar-refractivity contribution < 1.29 is 12.8 Å². The molecule has 2 atom stereocenters. The molecule has 0 bridgehead atoms. The summed E-state index contributed by atoms with van der Waals surface area (Å²) in [6, 6.07) is 7.54. The first kappa shape index (κ1) is 12.7. The number of hydrogen-bond donors (Lipinski definition) is 1. The Labute approximate surface area is 112 Å². The van der Waals surface area contributed by atoms with Crippen LogP contribution in [0.15, 0.2) is 28.7 Å². The molecule has 1 aromatic heterocycles. The molecule has 0 aliphatic carbocycles. The minimum atomic E-state index is -2.91.